The number of nitrogens with one attached hydrogen (secondary N) is 1. The smallest absolute Gasteiger partial charge is 0.277 e. The van der Waals surface area contributed by atoms with Crippen molar-refractivity contribution in [2.75, 3.05) is 6.54 Å². The average Bonchev–Trinajstić information content (AvgIpc) is 2.48. The Balaban J connectivity index is 2.23. The van der Waals surface area contributed by atoms with Gasteiger partial charge in [-0.05, 0) is 31.5 Å². The lowest BCUT2D eigenvalue weighted by Crippen LogP contribution is -2.38. The zero-order chi connectivity index (χ0) is 14.4. The van der Waals surface area contributed by atoms with Crippen LogP contribution < -0.4 is 10.9 Å². The summed E-state index contributed by atoms with van der Waals surface area (Å²) < 4.78 is 1.48. The van der Waals surface area contributed by atoms with Crippen LogP contribution in [0.3, 0.4) is 0 Å². The molecule has 0 aliphatic carbocycles. The summed E-state index contributed by atoms with van der Waals surface area (Å²) in [6.45, 7) is 5.82. The number of fused-ring (bicyclic) bond motifs is 1. The minimum atomic E-state index is -0.0602. The van der Waals surface area contributed by atoms with Gasteiger partial charge in [0.2, 0.25) is 0 Å². The lowest BCUT2D eigenvalue weighted by atomic mass is 10.1. The highest BCUT2D eigenvalue weighted by Crippen LogP contribution is 2.04. The molecular weight excluding hydrogens is 252 g/mol. The largest absolute Gasteiger partial charge is 0.312 e. The second-order valence-electron chi connectivity index (χ2n) is 5.03. The van der Waals surface area contributed by atoms with Crippen molar-refractivity contribution in [3.8, 4) is 0 Å². The van der Waals surface area contributed by atoms with E-state index in [0.717, 1.165) is 25.8 Å². The Morgan fingerprint density at radius 2 is 2.05 bits per heavy atom. The van der Waals surface area contributed by atoms with Crippen molar-refractivity contribution >= 4 is 10.9 Å². The summed E-state index contributed by atoms with van der Waals surface area (Å²) in [7, 11) is 0. The Morgan fingerprint density at radius 1 is 1.25 bits per heavy atom. The van der Waals surface area contributed by atoms with Crippen molar-refractivity contribution in [1.82, 2.24) is 20.3 Å². The molecule has 0 fully saturated rings. The summed E-state index contributed by atoms with van der Waals surface area (Å²) in [5.74, 6) is 0. The molecule has 0 radical (unpaired) electrons. The van der Waals surface area contributed by atoms with Gasteiger partial charge in [0.1, 0.15) is 5.52 Å². The zero-order valence-electron chi connectivity index (χ0n) is 12.2. The van der Waals surface area contributed by atoms with Crippen LogP contribution in [0, 0.1) is 0 Å². The van der Waals surface area contributed by atoms with E-state index in [2.05, 4.69) is 29.5 Å². The van der Waals surface area contributed by atoms with Crippen molar-refractivity contribution in [3.05, 3.63) is 34.6 Å². The van der Waals surface area contributed by atoms with E-state index in [0.29, 0.717) is 17.4 Å². The molecule has 1 atom stereocenters. The molecule has 0 amide bonds. The zero-order valence-corrected chi connectivity index (χ0v) is 12.2. The normalized spacial score (nSPS) is 12.7. The van der Waals surface area contributed by atoms with Crippen LogP contribution in [0.4, 0.5) is 0 Å². The molecule has 20 heavy (non-hydrogen) atoms. The van der Waals surface area contributed by atoms with E-state index < -0.39 is 0 Å². The minimum absolute atomic E-state index is 0.0602. The van der Waals surface area contributed by atoms with E-state index in [1.54, 1.807) is 6.07 Å². The molecule has 5 nitrogen and oxygen atoms in total. The summed E-state index contributed by atoms with van der Waals surface area (Å²) >= 11 is 0. The second-order valence-corrected chi connectivity index (χ2v) is 5.03. The van der Waals surface area contributed by atoms with Crippen LogP contribution in [0.5, 0.6) is 0 Å². The van der Waals surface area contributed by atoms with Gasteiger partial charge in [-0.15, -0.1) is 5.10 Å². The topological polar surface area (TPSA) is 59.8 Å². The predicted octanol–water partition coefficient (Wildman–Crippen LogP) is 1.96. The first kappa shape index (κ1) is 14.7. The maximum atomic E-state index is 12.4. The third-order valence-corrected chi connectivity index (χ3v) is 3.34. The summed E-state index contributed by atoms with van der Waals surface area (Å²) in [5, 5.41) is 12.3. The Bertz CT molecular complexity index is 608. The fraction of sp³-hybridized carbons (Fsp3) is 0.533. The van der Waals surface area contributed by atoms with E-state index in [1.807, 2.05) is 18.2 Å². The van der Waals surface area contributed by atoms with Gasteiger partial charge < -0.3 is 5.32 Å². The number of hydrogen-bond donors (Lipinski definition) is 1. The molecule has 1 N–H and O–H groups in total. The summed E-state index contributed by atoms with van der Waals surface area (Å²) in [4.78, 5) is 12.4. The number of benzene rings is 1. The van der Waals surface area contributed by atoms with Gasteiger partial charge in [-0.3, -0.25) is 4.79 Å². The van der Waals surface area contributed by atoms with Crippen LogP contribution >= 0.6 is 0 Å². The lowest BCUT2D eigenvalue weighted by Gasteiger charge is -2.18. The number of aromatic nitrogens is 3. The van der Waals surface area contributed by atoms with Crippen molar-refractivity contribution < 1.29 is 0 Å². The highest BCUT2D eigenvalue weighted by Gasteiger charge is 2.11. The van der Waals surface area contributed by atoms with Gasteiger partial charge in [0.25, 0.3) is 5.56 Å². The van der Waals surface area contributed by atoms with Crippen molar-refractivity contribution in [3.63, 3.8) is 0 Å². The van der Waals surface area contributed by atoms with Gasteiger partial charge in [0.15, 0.2) is 0 Å². The molecule has 2 aromatic rings. The Morgan fingerprint density at radius 3 is 2.80 bits per heavy atom. The van der Waals surface area contributed by atoms with E-state index in [1.165, 1.54) is 4.68 Å². The standard InChI is InChI=1S/C15H22N4O/c1-3-7-12(16-10-4-2)11-19-15(20)13-8-5-6-9-14(13)17-18-19/h5-6,8-9,12,16H,3-4,7,10-11H2,1-2H3. The molecule has 2 rings (SSSR count). The molecule has 0 aliphatic rings. The summed E-state index contributed by atoms with van der Waals surface area (Å²) in [6.07, 6.45) is 3.19. The molecule has 0 bridgehead atoms. The van der Waals surface area contributed by atoms with E-state index in [-0.39, 0.29) is 11.6 Å². The van der Waals surface area contributed by atoms with Crippen molar-refractivity contribution in [2.45, 2.75) is 45.7 Å². The Kier molecular flexibility index (Phi) is 5.24. The molecule has 0 spiro atoms. The Hall–Kier alpha value is -1.75. The van der Waals surface area contributed by atoms with Crippen molar-refractivity contribution in [1.29, 1.82) is 0 Å². The number of nitrogens with zero attached hydrogens (tertiary/aromatic N) is 3. The van der Waals surface area contributed by atoms with E-state index >= 15 is 0 Å². The summed E-state index contributed by atoms with van der Waals surface area (Å²) in [5.41, 5.74) is 0.595. The maximum absolute atomic E-state index is 12.4. The van der Waals surface area contributed by atoms with Gasteiger partial charge >= 0.3 is 0 Å². The van der Waals surface area contributed by atoms with Gasteiger partial charge in [0.05, 0.1) is 11.9 Å². The van der Waals surface area contributed by atoms with E-state index in [9.17, 15) is 4.79 Å². The maximum Gasteiger partial charge on any atom is 0.277 e. The first-order valence-corrected chi connectivity index (χ1v) is 7.32. The van der Waals surface area contributed by atoms with Gasteiger partial charge in [0, 0.05) is 6.04 Å². The van der Waals surface area contributed by atoms with Crippen LogP contribution in [0.25, 0.3) is 10.9 Å². The van der Waals surface area contributed by atoms with Gasteiger partial charge in [-0.1, -0.05) is 37.6 Å². The monoisotopic (exact) mass is 274 g/mol. The highest BCUT2D eigenvalue weighted by molar-refractivity contribution is 5.76. The SMILES string of the molecule is CCCNC(CCC)Cn1nnc2ccccc2c1=O. The average molecular weight is 274 g/mol. The predicted molar refractivity (Wildman–Crippen MR) is 80.8 cm³/mol. The summed E-state index contributed by atoms with van der Waals surface area (Å²) in [6, 6.07) is 7.61. The first-order chi connectivity index (χ1) is 9.76. The first-order valence-electron chi connectivity index (χ1n) is 7.32. The lowest BCUT2D eigenvalue weighted by molar-refractivity contribution is 0.386. The van der Waals surface area contributed by atoms with Crippen molar-refractivity contribution in [2.24, 2.45) is 0 Å². The second kappa shape index (κ2) is 7.14. The Labute approximate surface area is 119 Å². The quantitative estimate of drug-likeness (QED) is 0.838. The molecule has 0 aliphatic heterocycles. The fourth-order valence-electron chi connectivity index (χ4n) is 2.31. The third kappa shape index (κ3) is 3.42. The van der Waals surface area contributed by atoms with E-state index in [4.69, 9.17) is 0 Å². The number of hydrogen-bond acceptors (Lipinski definition) is 4. The van der Waals surface area contributed by atoms with Gasteiger partial charge in [-0.25, -0.2) is 4.68 Å². The number of rotatable bonds is 7. The van der Waals surface area contributed by atoms with Crippen LogP contribution in [0.2, 0.25) is 0 Å². The highest BCUT2D eigenvalue weighted by atomic mass is 16.1. The molecule has 1 aromatic carbocycles. The molecule has 0 saturated heterocycles. The molecule has 1 heterocycles. The van der Waals surface area contributed by atoms with Crippen LogP contribution in [0.15, 0.2) is 29.1 Å². The molecular formula is C15H22N4O. The minimum Gasteiger partial charge on any atom is -0.312 e. The molecule has 1 unspecified atom stereocenters. The third-order valence-electron chi connectivity index (χ3n) is 3.34. The molecule has 0 saturated carbocycles. The molecule has 5 heteroatoms. The molecule has 1 aromatic heterocycles. The molecule has 108 valence electrons. The van der Waals surface area contributed by atoms with Crippen LogP contribution in [-0.4, -0.2) is 27.6 Å². The fourth-order valence-corrected chi connectivity index (χ4v) is 2.31. The van der Waals surface area contributed by atoms with Crippen LogP contribution in [0.1, 0.15) is 33.1 Å². The van der Waals surface area contributed by atoms with Gasteiger partial charge in [-0.2, -0.15) is 0 Å². The van der Waals surface area contributed by atoms with Crippen LogP contribution in [-0.2, 0) is 6.54 Å².